The molecule has 0 unspecified atom stereocenters. The molecule has 1 saturated heterocycles. The molecule has 1 fully saturated rings. The Morgan fingerprint density at radius 1 is 1.42 bits per heavy atom. The monoisotopic (exact) mass is 361 g/mol. The van der Waals surface area contributed by atoms with Crippen LogP contribution >= 0.6 is 0 Å². The molecule has 2 atom stereocenters. The Kier molecular flexibility index (Phi) is 5.41. The number of hydrogen-bond donors (Lipinski definition) is 2. The summed E-state index contributed by atoms with van der Waals surface area (Å²) in [6, 6.07) is 3.23. The molecule has 26 heavy (non-hydrogen) atoms. The van der Waals surface area contributed by atoms with Crippen LogP contribution in [-0.2, 0) is 11.2 Å². The average Bonchev–Trinajstić information content (AvgIpc) is 3.26. The predicted molar refractivity (Wildman–Crippen MR) is 91.4 cm³/mol. The highest BCUT2D eigenvalue weighted by Crippen LogP contribution is 2.20. The fraction of sp³-hybridized carbons (Fsp3) is 0.500. The zero-order chi connectivity index (χ0) is 18.7. The van der Waals surface area contributed by atoms with Crippen LogP contribution in [0.2, 0.25) is 0 Å². The molecule has 0 radical (unpaired) electrons. The number of furan rings is 1. The fourth-order valence-corrected chi connectivity index (χ4v) is 3.18. The van der Waals surface area contributed by atoms with Gasteiger partial charge in [-0.1, -0.05) is 5.16 Å². The van der Waals surface area contributed by atoms with Crippen molar-refractivity contribution < 1.29 is 23.6 Å². The number of amides is 2. The van der Waals surface area contributed by atoms with Crippen molar-refractivity contribution in [3.8, 4) is 0 Å². The van der Waals surface area contributed by atoms with E-state index in [2.05, 4.69) is 10.5 Å². The maximum atomic E-state index is 12.5. The van der Waals surface area contributed by atoms with E-state index in [0.29, 0.717) is 31.0 Å². The van der Waals surface area contributed by atoms with Crippen molar-refractivity contribution >= 4 is 11.8 Å². The molecule has 2 N–H and O–H groups in total. The van der Waals surface area contributed by atoms with Crippen molar-refractivity contribution in [2.45, 2.75) is 32.8 Å². The van der Waals surface area contributed by atoms with E-state index in [4.69, 9.17) is 8.94 Å². The van der Waals surface area contributed by atoms with E-state index in [1.807, 2.05) is 6.92 Å². The zero-order valence-electron chi connectivity index (χ0n) is 14.9. The summed E-state index contributed by atoms with van der Waals surface area (Å²) in [7, 11) is 0. The minimum atomic E-state index is -0.686. The third-order valence-corrected chi connectivity index (χ3v) is 4.85. The van der Waals surface area contributed by atoms with Gasteiger partial charge < -0.3 is 24.3 Å². The Labute approximate surface area is 151 Å². The van der Waals surface area contributed by atoms with Gasteiger partial charge >= 0.3 is 0 Å². The Morgan fingerprint density at radius 3 is 2.85 bits per heavy atom. The number of nitrogens with zero attached hydrogens (tertiary/aromatic N) is 2. The highest BCUT2D eigenvalue weighted by Gasteiger charge is 2.31. The smallest absolute Gasteiger partial charge is 0.286 e. The number of carbonyl (C=O) groups is 2. The number of rotatable bonds is 5. The highest BCUT2D eigenvalue weighted by molar-refractivity contribution is 5.91. The van der Waals surface area contributed by atoms with Crippen LogP contribution in [0.3, 0.4) is 0 Å². The Bertz CT molecular complexity index is 748. The number of piperidine rings is 1. The van der Waals surface area contributed by atoms with Crippen molar-refractivity contribution in [3.05, 3.63) is 41.2 Å². The van der Waals surface area contributed by atoms with Gasteiger partial charge in [-0.05, 0) is 32.4 Å². The van der Waals surface area contributed by atoms with Gasteiger partial charge in [-0.25, -0.2) is 0 Å². The van der Waals surface area contributed by atoms with Crippen molar-refractivity contribution in [3.63, 3.8) is 0 Å². The van der Waals surface area contributed by atoms with E-state index < -0.39 is 6.10 Å². The zero-order valence-corrected chi connectivity index (χ0v) is 14.9. The van der Waals surface area contributed by atoms with Crippen LogP contribution < -0.4 is 5.32 Å². The number of likely N-dealkylation sites (tertiary alicyclic amines) is 1. The summed E-state index contributed by atoms with van der Waals surface area (Å²) in [6.07, 6.45) is 1.59. The van der Waals surface area contributed by atoms with E-state index in [0.717, 1.165) is 5.56 Å². The quantitative estimate of drug-likeness (QED) is 0.824. The van der Waals surface area contributed by atoms with Crippen molar-refractivity contribution in [1.82, 2.24) is 15.4 Å². The standard InChI is InChI=1S/C18H23N3O5/c1-11-14(12(2)26-20-11)8-17(23)21-6-5-13(15(22)10-21)9-19-18(24)16-4-3-7-25-16/h3-4,7,13,15,22H,5-6,8-10H2,1-2H3,(H,19,24)/t13-,15+/m0/s1. The lowest BCUT2D eigenvalue weighted by Crippen LogP contribution is -2.50. The number of carbonyl (C=O) groups excluding carboxylic acids is 2. The Hall–Kier alpha value is -2.61. The molecule has 8 heteroatoms. The summed E-state index contributed by atoms with van der Waals surface area (Å²) in [5.74, 6) is 0.422. The molecule has 140 valence electrons. The van der Waals surface area contributed by atoms with Crippen LogP contribution in [0.15, 0.2) is 27.3 Å². The number of β-amino-alcohol motifs (C(OH)–C–C–N with tert-alkyl or cyclic N) is 1. The molecular formula is C18H23N3O5. The first-order valence-electron chi connectivity index (χ1n) is 8.65. The van der Waals surface area contributed by atoms with Crippen LogP contribution in [0, 0.1) is 19.8 Å². The molecule has 0 spiro atoms. The van der Waals surface area contributed by atoms with Gasteiger partial charge in [0.1, 0.15) is 5.76 Å². The van der Waals surface area contributed by atoms with Crippen molar-refractivity contribution in [2.75, 3.05) is 19.6 Å². The van der Waals surface area contributed by atoms with E-state index in [-0.39, 0.29) is 36.5 Å². The predicted octanol–water partition coefficient (Wildman–Crippen LogP) is 1.07. The minimum Gasteiger partial charge on any atom is -0.459 e. The average molecular weight is 361 g/mol. The van der Waals surface area contributed by atoms with Gasteiger partial charge in [-0.15, -0.1) is 0 Å². The number of aliphatic hydroxyl groups is 1. The molecule has 0 aromatic carbocycles. The number of hydrogen-bond acceptors (Lipinski definition) is 6. The second-order valence-corrected chi connectivity index (χ2v) is 6.62. The lowest BCUT2D eigenvalue weighted by molar-refractivity contribution is -0.134. The minimum absolute atomic E-state index is 0.0588. The summed E-state index contributed by atoms with van der Waals surface area (Å²) in [5.41, 5.74) is 1.52. The van der Waals surface area contributed by atoms with Gasteiger partial charge in [0, 0.05) is 31.1 Å². The summed E-state index contributed by atoms with van der Waals surface area (Å²) >= 11 is 0. The molecule has 3 rings (SSSR count). The second kappa shape index (κ2) is 7.74. The molecule has 0 aliphatic carbocycles. The molecule has 1 aliphatic rings. The van der Waals surface area contributed by atoms with Crippen molar-refractivity contribution in [2.24, 2.45) is 5.92 Å². The van der Waals surface area contributed by atoms with Crippen molar-refractivity contribution in [1.29, 1.82) is 0 Å². The molecule has 2 amide bonds. The highest BCUT2D eigenvalue weighted by atomic mass is 16.5. The summed E-state index contributed by atoms with van der Waals surface area (Å²) in [6.45, 7) is 4.73. The summed E-state index contributed by atoms with van der Waals surface area (Å²) < 4.78 is 10.1. The summed E-state index contributed by atoms with van der Waals surface area (Å²) in [5, 5.41) is 17.0. The lowest BCUT2D eigenvalue weighted by Gasteiger charge is -2.36. The molecule has 0 saturated carbocycles. The molecule has 3 heterocycles. The van der Waals surface area contributed by atoms with Gasteiger partial charge in [0.2, 0.25) is 5.91 Å². The normalized spacial score (nSPS) is 20.2. The Balaban J connectivity index is 1.50. The number of aliphatic hydroxyl groups excluding tert-OH is 1. The molecule has 2 aromatic rings. The van der Waals surface area contributed by atoms with Crippen LogP contribution in [0.25, 0.3) is 0 Å². The molecular weight excluding hydrogens is 338 g/mol. The first-order valence-corrected chi connectivity index (χ1v) is 8.65. The van der Waals surface area contributed by atoms with Crippen LogP contribution in [0.5, 0.6) is 0 Å². The first kappa shape index (κ1) is 18.2. The SMILES string of the molecule is Cc1noc(C)c1CC(=O)N1CC[C@@H](CNC(=O)c2ccco2)[C@H](O)C1. The number of aromatic nitrogens is 1. The van der Waals surface area contributed by atoms with E-state index >= 15 is 0 Å². The molecule has 8 nitrogen and oxygen atoms in total. The lowest BCUT2D eigenvalue weighted by atomic mass is 9.93. The first-order chi connectivity index (χ1) is 12.5. The van der Waals surface area contributed by atoms with Gasteiger partial charge in [-0.2, -0.15) is 0 Å². The topological polar surface area (TPSA) is 109 Å². The number of aryl methyl sites for hydroxylation is 2. The molecule has 1 aliphatic heterocycles. The summed E-state index contributed by atoms with van der Waals surface area (Å²) in [4.78, 5) is 26.1. The maximum Gasteiger partial charge on any atom is 0.286 e. The van der Waals surface area contributed by atoms with Gasteiger partial charge in [-0.3, -0.25) is 9.59 Å². The Morgan fingerprint density at radius 2 is 2.23 bits per heavy atom. The molecule has 2 aromatic heterocycles. The largest absolute Gasteiger partial charge is 0.459 e. The third-order valence-electron chi connectivity index (χ3n) is 4.85. The molecule has 0 bridgehead atoms. The van der Waals surface area contributed by atoms with Gasteiger partial charge in [0.15, 0.2) is 5.76 Å². The van der Waals surface area contributed by atoms with E-state index in [9.17, 15) is 14.7 Å². The van der Waals surface area contributed by atoms with Crippen LogP contribution in [0.1, 0.15) is 34.0 Å². The second-order valence-electron chi connectivity index (χ2n) is 6.62. The van der Waals surface area contributed by atoms with Crippen LogP contribution in [0.4, 0.5) is 0 Å². The van der Waals surface area contributed by atoms with Crippen LogP contribution in [-0.4, -0.2) is 52.7 Å². The van der Waals surface area contributed by atoms with Gasteiger partial charge in [0.25, 0.3) is 5.91 Å². The third kappa shape index (κ3) is 3.96. The maximum absolute atomic E-state index is 12.5. The number of nitrogens with one attached hydrogen (secondary N) is 1. The fourth-order valence-electron chi connectivity index (χ4n) is 3.18. The van der Waals surface area contributed by atoms with E-state index in [1.54, 1.807) is 24.0 Å². The van der Waals surface area contributed by atoms with E-state index in [1.165, 1.54) is 6.26 Å². The van der Waals surface area contributed by atoms with Gasteiger partial charge in [0.05, 0.1) is 24.5 Å².